The maximum Gasteiger partial charge on any atom is 0.406 e. The molecule has 0 amide bonds. The van der Waals surface area contributed by atoms with E-state index in [2.05, 4.69) is 5.32 Å². The van der Waals surface area contributed by atoms with Crippen LogP contribution in [-0.4, -0.2) is 18.3 Å². The molecule has 0 saturated heterocycles. The molecule has 1 atom stereocenters. The summed E-state index contributed by atoms with van der Waals surface area (Å²) in [6, 6.07) is 0. The summed E-state index contributed by atoms with van der Waals surface area (Å²) in [5.74, 6) is -0.211. The third kappa shape index (κ3) is 1.58. The van der Waals surface area contributed by atoms with Crippen molar-refractivity contribution in [3.05, 3.63) is 0 Å². The van der Waals surface area contributed by atoms with E-state index in [0.29, 0.717) is 19.4 Å². The van der Waals surface area contributed by atoms with Crippen molar-refractivity contribution in [2.75, 3.05) is 6.54 Å². The fourth-order valence-corrected chi connectivity index (χ4v) is 1.50. The van der Waals surface area contributed by atoms with Crippen molar-refractivity contribution in [1.29, 1.82) is 0 Å². The zero-order valence-electron chi connectivity index (χ0n) is 7.33. The lowest BCUT2D eigenvalue weighted by atomic mass is 9.95. The largest absolute Gasteiger partial charge is 0.406 e. The lowest BCUT2D eigenvalue weighted by molar-refractivity contribution is -0.197. The highest BCUT2D eigenvalue weighted by Crippen LogP contribution is 2.47. The van der Waals surface area contributed by atoms with Gasteiger partial charge in [0.25, 0.3) is 0 Å². The minimum Gasteiger partial charge on any atom is -0.304 e. The van der Waals surface area contributed by atoms with E-state index < -0.39 is 11.7 Å². The first-order valence-corrected chi connectivity index (χ1v) is 4.23. The van der Waals surface area contributed by atoms with Crippen LogP contribution < -0.4 is 5.32 Å². The molecule has 0 heterocycles. The molecule has 0 aromatic rings. The Balaban J connectivity index is 2.70. The first-order valence-electron chi connectivity index (χ1n) is 4.23. The third-order valence-corrected chi connectivity index (χ3v) is 2.53. The van der Waals surface area contributed by atoms with Crippen LogP contribution in [0.15, 0.2) is 0 Å². The van der Waals surface area contributed by atoms with Gasteiger partial charge in [-0.05, 0) is 32.2 Å². The van der Waals surface area contributed by atoms with Gasteiger partial charge in [-0.3, -0.25) is 0 Å². The average Bonchev–Trinajstić information content (AvgIpc) is 2.65. The summed E-state index contributed by atoms with van der Waals surface area (Å²) in [5.41, 5.74) is -1.65. The van der Waals surface area contributed by atoms with E-state index in [-0.39, 0.29) is 5.92 Å². The second-order valence-corrected chi connectivity index (χ2v) is 3.50. The fourth-order valence-electron chi connectivity index (χ4n) is 1.50. The van der Waals surface area contributed by atoms with Gasteiger partial charge < -0.3 is 5.32 Å². The van der Waals surface area contributed by atoms with Crippen molar-refractivity contribution in [1.82, 2.24) is 5.32 Å². The van der Waals surface area contributed by atoms with Gasteiger partial charge in [0.1, 0.15) is 5.54 Å². The van der Waals surface area contributed by atoms with Crippen molar-refractivity contribution in [2.24, 2.45) is 5.92 Å². The van der Waals surface area contributed by atoms with E-state index in [1.807, 2.05) is 0 Å². The van der Waals surface area contributed by atoms with E-state index in [4.69, 9.17) is 0 Å². The number of hydrogen-bond acceptors (Lipinski definition) is 1. The van der Waals surface area contributed by atoms with Crippen LogP contribution in [0.2, 0.25) is 0 Å². The number of halogens is 3. The van der Waals surface area contributed by atoms with Gasteiger partial charge in [0, 0.05) is 0 Å². The summed E-state index contributed by atoms with van der Waals surface area (Å²) >= 11 is 0. The van der Waals surface area contributed by atoms with Gasteiger partial charge >= 0.3 is 6.18 Å². The van der Waals surface area contributed by atoms with E-state index in [1.54, 1.807) is 6.92 Å². The monoisotopic (exact) mass is 181 g/mol. The molecule has 1 rings (SSSR count). The summed E-state index contributed by atoms with van der Waals surface area (Å²) in [6.45, 7) is 3.33. The molecule has 1 fully saturated rings. The summed E-state index contributed by atoms with van der Waals surface area (Å²) < 4.78 is 37.6. The predicted molar refractivity (Wildman–Crippen MR) is 40.9 cm³/mol. The zero-order chi connectivity index (χ0) is 9.41. The van der Waals surface area contributed by atoms with Crippen LogP contribution in [0.25, 0.3) is 0 Å². The molecule has 0 radical (unpaired) electrons. The Hall–Kier alpha value is -0.250. The summed E-state index contributed by atoms with van der Waals surface area (Å²) in [7, 11) is 0. The van der Waals surface area contributed by atoms with Crippen molar-refractivity contribution in [3.8, 4) is 0 Å². The molecule has 1 saturated carbocycles. The van der Waals surface area contributed by atoms with Crippen molar-refractivity contribution >= 4 is 0 Å². The number of hydrogen-bond donors (Lipinski definition) is 1. The van der Waals surface area contributed by atoms with Crippen molar-refractivity contribution < 1.29 is 13.2 Å². The molecule has 0 aliphatic heterocycles. The third-order valence-electron chi connectivity index (χ3n) is 2.53. The summed E-state index contributed by atoms with van der Waals surface area (Å²) in [6.07, 6.45) is -2.73. The Kier molecular flexibility index (Phi) is 2.38. The van der Waals surface area contributed by atoms with Crippen LogP contribution in [0, 0.1) is 5.92 Å². The predicted octanol–water partition coefficient (Wildman–Crippen LogP) is 2.33. The molecule has 0 bridgehead atoms. The Bertz CT molecular complexity index is 162. The first kappa shape index (κ1) is 9.84. The molecule has 1 nitrogen and oxygen atoms in total. The van der Waals surface area contributed by atoms with Gasteiger partial charge in [-0.15, -0.1) is 0 Å². The molecule has 0 spiro atoms. The van der Waals surface area contributed by atoms with Crippen LogP contribution in [0.3, 0.4) is 0 Å². The Labute approximate surface area is 70.3 Å². The van der Waals surface area contributed by atoms with Crippen molar-refractivity contribution in [2.45, 2.75) is 38.4 Å². The quantitative estimate of drug-likeness (QED) is 0.704. The maximum atomic E-state index is 12.5. The minimum absolute atomic E-state index is 0.211. The molecular formula is C8H14F3N. The van der Waals surface area contributed by atoms with E-state index in [1.165, 1.54) is 6.92 Å². The lowest BCUT2D eigenvalue weighted by Gasteiger charge is -2.32. The van der Waals surface area contributed by atoms with E-state index in [0.717, 1.165) is 0 Å². The molecule has 0 aromatic heterocycles. The molecule has 1 N–H and O–H groups in total. The molecule has 72 valence electrons. The molecule has 1 aliphatic carbocycles. The standard InChI is InChI=1S/C8H14F3N/c1-3-12-7(2,6-4-5-6)8(9,10)11/h6,12H,3-5H2,1-2H3. The van der Waals surface area contributed by atoms with Gasteiger partial charge in [0.15, 0.2) is 0 Å². The molecule has 0 aromatic carbocycles. The SMILES string of the molecule is CCNC(C)(C1CC1)C(F)(F)F. The second-order valence-electron chi connectivity index (χ2n) is 3.50. The van der Waals surface area contributed by atoms with Crippen LogP contribution in [-0.2, 0) is 0 Å². The van der Waals surface area contributed by atoms with E-state index >= 15 is 0 Å². The Morgan fingerprint density at radius 2 is 1.83 bits per heavy atom. The maximum absolute atomic E-state index is 12.5. The number of alkyl halides is 3. The summed E-state index contributed by atoms with van der Waals surface area (Å²) in [4.78, 5) is 0. The normalized spacial score (nSPS) is 23.8. The van der Waals surface area contributed by atoms with Crippen LogP contribution >= 0.6 is 0 Å². The van der Waals surface area contributed by atoms with Crippen molar-refractivity contribution in [3.63, 3.8) is 0 Å². The van der Waals surface area contributed by atoms with Crippen LogP contribution in [0.4, 0.5) is 13.2 Å². The first-order chi connectivity index (χ1) is 5.42. The average molecular weight is 181 g/mol. The molecule has 4 heteroatoms. The molecule has 1 unspecified atom stereocenters. The Morgan fingerprint density at radius 3 is 2.08 bits per heavy atom. The summed E-state index contributed by atoms with van der Waals surface area (Å²) in [5, 5.41) is 2.54. The number of nitrogens with one attached hydrogen (secondary N) is 1. The van der Waals surface area contributed by atoms with Gasteiger partial charge in [-0.2, -0.15) is 13.2 Å². The van der Waals surface area contributed by atoms with Gasteiger partial charge in [0.05, 0.1) is 0 Å². The highest BCUT2D eigenvalue weighted by molar-refractivity contribution is 5.02. The zero-order valence-corrected chi connectivity index (χ0v) is 7.33. The molecule has 12 heavy (non-hydrogen) atoms. The minimum atomic E-state index is -4.12. The van der Waals surface area contributed by atoms with Gasteiger partial charge in [-0.1, -0.05) is 6.92 Å². The van der Waals surface area contributed by atoms with Gasteiger partial charge in [0.2, 0.25) is 0 Å². The lowest BCUT2D eigenvalue weighted by Crippen LogP contribution is -2.56. The van der Waals surface area contributed by atoms with E-state index in [9.17, 15) is 13.2 Å². The smallest absolute Gasteiger partial charge is 0.304 e. The molecule has 1 aliphatic rings. The van der Waals surface area contributed by atoms with Crippen LogP contribution in [0.1, 0.15) is 26.7 Å². The van der Waals surface area contributed by atoms with Gasteiger partial charge in [-0.25, -0.2) is 0 Å². The molecular weight excluding hydrogens is 167 g/mol. The second kappa shape index (κ2) is 2.91. The fraction of sp³-hybridized carbons (Fsp3) is 1.00. The number of rotatable bonds is 3. The highest BCUT2D eigenvalue weighted by atomic mass is 19.4. The Morgan fingerprint density at radius 1 is 1.33 bits per heavy atom. The van der Waals surface area contributed by atoms with Crippen LogP contribution in [0.5, 0.6) is 0 Å². The highest BCUT2D eigenvalue weighted by Gasteiger charge is 2.58. The topological polar surface area (TPSA) is 12.0 Å².